The highest BCUT2D eigenvalue weighted by atomic mass is 16.5. The summed E-state index contributed by atoms with van der Waals surface area (Å²) in [6.45, 7) is 4.68. The molecule has 0 bridgehead atoms. The average molecular weight is 219 g/mol. The Labute approximate surface area is 98.0 Å². The smallest absolute Gasteiger partial charge is 0.119 e. The number of rotatable bonds is 2. The van der Waals surface area contributed by atoms with Crippen molar-refractivity contribution < 1.29 is 4.74 Å². The van der Waals surface area contributed by atoms with Crippen molar-refractivity contribution >= 4 is 0 Å². The summed E-state index contributed by atoms with van der Waals surface area (Å²) < 4.78 is 5.30. The van der Waals surface area contributed by atoms with Gasteiger partial charge >= 0.3 is 0 Å². The van der Waals surface area contributed by atoms with Crippen molar-refractivity contribution in [2.75, 3.05) is 14.2 Å². The van der Waals surface area contributed by atoms with Gasteiger partial charge in [0.15, 0.2) is 0 Å². The van der Waals surface area contributed by atoms with Crippen LogP contribution in [-0.4, -0.2) is 14.2 Å². The van der Waals surface area contributed by atoms with Crippen molar-refractivity contribution in [1.29, 1.82) is 0 Å². The van der Waals surface area contributed by atoms with Gasteiger partial charge in [0.2, 0.25) is 0 Å². The molecule has 1 N–H and O–H groups in total. The summed E-state index contributed by atoms with van der Waals surface area (Å²) in [6, 6.07) is 6.90. The van der Waals surface area contributed by atoms with E-state index in [2.05, 4.69) is 37.4 Å². The quantitative estimate of drug-likeness (QED) is 0.825. The minimum absolute atomic E-state index is 0.384. The molecule has 2 rings (SSSR count). The van der Waals surface area contributed by atoms with Crippen LogP contribution in [0.2, 0.25) is 0 Å². The number of fused-ring (bicyclic) bond motifs is 1. The Hall–Kier alpha value is -1.02. The number of methoxy groups -OCH3 is 1. The fraction of sp³-hybridized carbons (Fsp3) is 0.571. The zero-order valence-corrected chi connectivity index (χ0v) is 10.6. The van der Waals surface area contributed by atoms with Crippen LogP contribution in [0.4, 0.5) is 0 Å². The third-order valence-electron chi connectivity index (χ3n) is 3.50. The third-order valence-corrected chi connectivity index (χ3v) is 3.50. The highest BCUT2D eigenvalue weighted by molar-refractivity contribution is 5.40. The lowest BCUT2D eigenvalue weighted by Gasteiger charge is -2.37. The molecule has 0 radical (unpaired) electrons. The van der Waals surface area contributed by atoms with Crippen LogP contribution in [0.25, 0.3) is 0 Å². The first-order valence-electron chi connectivity index (χ1n) is 5.90. The van der Waals surface area contributed by atoms with E-state index in [0.29, 0.717) is 11.5 Å². The van der Waals surface area contributed by atoms with Gasteiger partial charge in [0, 0.05) is 6.04 Å². The van der Waals surface area contributed by atoms with E-state index >= 15 is 0 Å². The van der Waals surface area contributed by atoms with Crippen LogP contribution in [0, 0.1) is 5.41 Å². The first kappa shape index (κ1) is 11.5. The van der Waals surface area contributed by atoms with Crippen LogP contribution in [0.3, 0.4) is 0 Å². The van der Waals surface area contributed by atoms with E-state index in [1.165, 1.54) is 17.5 Å². The number of nitrogens with one attached hydrogen (secondary N) is 1. The maximum absolute atomic E-state index is 5.30. The molecular weight excluding hydrogens is 198 g/mol. The molecule has 1 aromatic rings. The van der Waals surface area contributed by atoms with E-state index in [0.717, 1.165) is 12.2 Å². The van der Waals surface area contributed by atoms with E-state index in [1.54, 1.807) is 7.11 Å². The summed E-state index contributed by atoms with van der Waals surface area (Å²) in [7, 11) is 3.76. The van der Waals surface area contributed by atoms with Crippen molar-refractivity contribution in [2.45, 2.75) is 32.7 Å². The van der Waals surface area contributed by atoms with E-state index in [9.17, 15) is 0 Å². The molecule has 0 spiro atoms. The van der Waals surface area contributed by atoms with E-state index < -0.39 is 0 Å². The van der Waals surface area contributed by atoms with Gasteiger partial charge in [-0.25, -0.2) is 0 Å². The molecule has 2 nitrogen and oxygen atoms in total. The molecule has 0 fully saturated rings. The monoisotopic (exact) mass is 219 g/mol. The molecular formula is C14H21NO. The first-order valence-corrected chi connectivity index (χ1v) is 5.90. The molecule has 0 amide bonds. The lowest BCUT2D eigenvalue weighted by Crippen LogP contribution is -2.31. The molecule has 0 saturated heterocycles. The molecule has 16 heavy (non-hydrogen) atoms. The molecule has 1 aliphatic rings. The van der Waals surface area contributed by atoms with Crippen LogP contribution >= 0.6 is 0 Å². The molecule has 0 saturated carbocycles. The number of benzene rings is 1. The molecule has 1 aromatic carbocycles. The predicted octanol–water partition coefficient (Wildman–Crippen LogP) is 2.93. The van der Waals surface area contributed by atoms with E-state index in [4.69, 9.17) is 4.74 Å². The second-order valence-electron chi connectivity index (χ2n) is 5.45. The summed E-state index contributed by atoms with van der Waals surface area (Å²) in [4.78, 5) is 0. The zero-order chi connectivity index (χ0) is 11.8. The van der Waals surface area contributed by atoms with E-state index in [-0.39, 0.29) is 0 Å². The lowest BCUT2D eigenvalue weighted by molar-refractivity contribution is 0.264. The Morgan fingerprint density at radius 1 is 1.38 bits per heavy atom. The minimum atomic E-state index is 0.384. The van der Waals surface area contributed by atoms with Gasteiger partial charge in [-0.05, 0) is 48.6 Å². The Morgan fingerprint density at radius 3 is 2.75 bits per heavy atom. The van der Waals surface area contributed by atoms with Crippen LogP contribution in [-0.2, 0) is 6.42 Å². The van der Waals surface area contributed by atoms with Gasteiger partial charge in [-0.1, -0.05) is 19.9 Å². The van der Waals surface area contributed by atoms with Crippen LogP contribution < -0.4 is 10.1 Å². The number of ether oxygens (including phenoxy) is 1. The van der Waals surface area contributed by atoms with Crippen LogP contribution in [0.1, 0.15) is 37.4 Å². The lowest BCUT2D eigenvalue weighted by atomic mass is 9.72. The summed E-state index contributed by atoms with van der Waals surface area (Å²) in [6.07, 6.45) is 2.34. The topological polar surface area (TPSA) is 21.3 Å². The van der Waals surface area contributed by atoms with Gasteiger partial charge in [-0.2, -0.15) is 0 Å². The molecule has 1 aliphatic carbocycles. The highest BCUT2D eigenvalue weighted by Gasteiger charge is 2.31. The average Bonchev–Trinajstić information content (AvgIpc) is 2.26. The molecule has 88 valence electrons. The summed E-state index contributed by atoms with van der Waals surface area (Å²) in [5, 5.41) is 3.41. The predicted molar refractivity (Wildman–Crippen MR) is 66.9 cm³/mol. The van der Waals surface area contributed by atoms with Crippen molar-refractivity contribution in [1.82, 2.24) is 5.32 Å². The molecule has 0 aliphatic heterocycles. The maximum atomic E-state index is 5.30. The zero-order valence-electron chi connectivity index (χ0n) is 10.6. The summed E-state index contributed by atoms with van der Waals surface area (Å²) in [5.74, 6) is 0.957. The van der Waals surface area contributed by atoms with E-state index in [1.807, 2.05) is 7.05 Å². The maximum Gasteiger partial charge on any atom is 0.119 e. The Balaban J connectivity index is 2.42. The second-order valence-corrected chi connectivity index (χ2v) is 5.45. The van der Waals surface area contributed by atoms with Crippen molar-refractivity contribution in [3.05, 3.63) is 29.3 Å². The fourth-order valence-electron chi connectivity index (χ4n) is 2.69. The normalized spacial score (nSPS) is 22.6. The second kappa shape index (κ2) is 4.10. The van der Waals surface area contributed by atoms with Crippen molar-refractivity contribution in [3.8, 4) is 5.75 Å². The minimum Gasteiger partial charge on any atom is -0.497 e. The van der Waals surface area contributed by atoms with Crippen molar-refractivity contribution in [2.24, 2.45) is 5.41 Å². The number of hydrogen-bond donors (Lipinski definition) is 1. The van der Waals surface area contributed by atoms with Gasteiger partial charge in [-0.15, -0.1) is 0 Å². The fourth-order valence-corrected chi connectivity index (χ4v) is 2.69. The van der Waals surface area contributed by atoms with Crippen LogP contribution in [0.5, 0.6) is 5.75 Å². The van der Waals surface area contributed by atoms with Gasteiger partial charge in [0.25, 0.3) is 0 Å². The van der Waals surface area contributed by atoms with Gasteiger partial charge in [-0.3, -0.25) is 0 Å². The third kappa shape index (κ3) is 2.07. The summed E-state index contributed by atoms with van der Waals surface area (Å²) in [5.41, 5.74) is 3.24. The molecule has 2 heteroatoms. The van der Waals surface area contributed by atoms with Crippen LogP contribution in [0.15, 0.2) is 18.2 Å². The first-order chi connectivity index (χ1) is 7.55. The standard InChI is InChI=1S/C14H21NO/c1-14(2)8-10-5-6-11(16-4)7-12(10)13(9-14)15-3/h5-7,13,15H,8-9H2,1-4H3. The highest BCUT2D eigenvalue weighted by Crippen LogP contribution is 2.41. The molecule has 0 aromatic heterocycles. The molecule has 0 heterocycles. The van der Waals surface area contributed by atoms with Gasteiger partial charge in [0.05, 0.1) is 7.11 Å². The van der Waals surface area contributed by atoms with Gasteiger partial charge < -0.3 is 10.1 Å². The van der Waals surface area contributed by atoms with Gasteiger partial charge in [0.1, 0.15) is 5.75 Å². The molecule has 1 unspecified atom stereocenters. The summed E-state index contributed by atoms with van der Waals surface area (Å²) >= 11 is 0. The van der Waals surface area contributed by atoms with Crippen molar-refractivity contribution in [3.63, 3.8) is 0 Å². The Morgan fingerprint density at radius 2 is 2.12 bits per heavy atom. The number of hydrogen-bond acceptors (Lipinski definition) is 2. The SMILES string of the molecule is CNC1CC(C)(C)Cc2ccc(OC)cc21. The Kier molecular flexibility index (Phi) is 2.94. The Bertz CT molecular complexity index is 384. The molecule has 1 atom stereocenters. The largest absolute Gasteiger partial charge is 0.497 e.